The summed E-state index contributed by atoms with van der Waals surface area (Å²) in [5, 5.41) is 0. The van der Waals surface area contributed by atoms with Gasteiger partial charge in [-0.2, -0.15) is 0 Å². The van der Waals surface area contributed by atoms with Crippen LogP contribution in [0, 0.1) is 0 Å². The summed E-state index contributed by atoms with van der Waals surface area (Å²) >= 11 is 0. The lowest BCUT2D eigenvalue weighted by Crippen LogP contribution is -2.29. The molecule has 424 valence electrons. The molecule has 0 spiro atoms. The molecule has 0 aliphatic heterocycles. The minimum absolute atomic E-state index is 0.0542. The second-order valence-electron chi connectivity index (χ2n) is 20.2. The highest BCUT2D eigenvalue weighted by atomic mass is 31.2. The van der Waals surface area contributed by atoms with Crippen molar-refractivity contribution >= 4 is 19.8 Å². The topological polar surface area (TPSA) is 134 Å². The van der Waals surface area contributed by atoms with Crippen LogP contribution in [0.2, 0.25) is 0 Å². The van der Waals surface area contributed by atoms with E-state index in [1.54, 1.807) is 0 Å². The van der Waals surface area contributed by atoms with Crippen LogP contribution < -0.4 is 5.73 Å². The molecule has 0 radical (unpaired) electrons. The van der Waals surface area contributed by atoms with Crippen molar-refractivity contribution in [2.75, 3.05) is 26.4 Å². The molecule has 3 N–H and O–H groups in total. The second kappa shape index (κ2) is 58.7. The van der Waals surface area contributed by atoms with Gasteiger partial charge in [-0.05, 0) is 64.2 Å². The highest BCUT2D eigenvalue weighted by molar-refractivity contribution is 7.47. The number of nitrogens with two attached hydrogens (primary N) is 1. The first-order chi connectivity index (χ1) is 35.8. The van der Waals surface area contributed by atoms with E-state index < -0.39 is 26.5 Å². The molecular weight excluding hydrogens is 930 g/mol. The Morgan fingerprint density at radius 3 is 1.12 bits per heavy atom. The van der Waals surface area contributed by atoms with Gasteiger partial charge in [0.1, 0.15) is 6.61 Å². The van der Waals surface area contributed by atoms with Crippen molar-refractivity contribution in [1.29, 1.82) is 0 Å². The van der Waals surface area contributed by atoms with Crippen LogP contribution in [0.25, 0.3) is 0 Å². The van der Waals surface area contributed by atoms with E-state index in [2.05, 4.69) is 86.8 Å². The van der Waals surface area contributed by atoms with Crippen molar-refractivity contribution in [3.05, 3.63) is 72.9 Å². The molecule has 0 aliphatic carbocycles. The van der Waals surface area contributed by atoms with Crippen molar-refractivity contribution in [3.63, 3.8) is 0 Å². The van der Waals surface area contributed by atoms with Crippen LogP contribution in [0.3, 0.4) is 0 Å². The Labute approximate surface area is 450 Å². The van der Waals surface area contributed by atoms with Gasteiger partial charge in [0.2, 0.25) is 0 Å². The normalized spacial score (nSPS) is 13.5. The Morgan fingerprint density at radius 1 is 0.425 bits per heavy atom. The molecular formula is C63H114NO8P. The maximum absolute atomic E-state index is 12.7. The number of carbonyl (C=O) groups is 2. The fourth-order valence-electron chi connectivity index (χ4n) is 8.64. The van der Waals surface area contributed by atoms with Crippen LogP contribution in [0.15, 0.2) is 72.9 Å². The van der Waals surface area contributed by atoms with Gasteiger partial charge in [0.25, 0.3) is 0 Å². The maximum Gasteiger partial charge on any atom is 0.472 e. The third-order valence-corrected chi connectivity index (χ3v) is 14.1. The number of rotatable bonds is 57. The average Bonchev–Trinajstić information content (AvgIpc) is 3.38. The molecule has 2 unspecified atom stereocenters. The summed E-state index contributed by atoms with van der Waals surface area (Å²) in [6.07, 6.45) is 75.5. The van der Waals surface area contributed by atoms with Gasteiger partial charge in [-0.3, -0.25) is 18.6 Å². The van der Waals surface area contributed by atoms with E-state index >= 15 is 0 Å². The van der Waals surface area contributed by atoms with Crippen LogP contribution in [-0.2, 0) is 32.7 Å². The molecule has 9 nitrogen and oxygen atoms in total. The Kier molecular flexibility index (Phi) is 56.7. The number of phosphoric acid groups is 1. The molecule has 0 amide bonds. The summed E-state index contributed by atoms with van der Waals surface area (Å²) in [4.78, 5) is 35.1. The zero-order valence-corrected chi connectivity index (χ0v) is 48.3. The molecule has 0 bridgehead atoms. The SMILES string of the molecule is CC/C=C\C/C=C\C/C=C\C/C=C\C/C=C\C/C=C\CCCCCCCCCCCCCCCCCCCCC(=O)OC(COC(=O)CCCCCCCCCCCCCCCCC)COP(=O)(O)OCCN. The van der Waals surface area contributed by atoms with E-state index in [-0.39, 0.29) is 38.6 Å². The van der Waals surface area contributed by atoms with Crippen LogP contribution in [0.1, 0.15) is 284 Å². The van der Waals surface area contributed by atoms with E-state index in [9.17, 15) is 19.0 Å². The quantitative estimate of drug-likeness (QED) is 0.0264. The smallest absolute Gasteiger partial charge is 0.462 e. The monoisotopic (exact) mass is 1040 g/mol. The average molecular weight is 1040 g/mol. The number of ether oxygens (including phenoxy) is 2. The molecule has 0 aromatic carbocycles. The number of unbranched alkanes of at least 4 members (excludes halogenated alkanes) is 32. The maximum atomic E-state index is 12.7. The first kappa shape index (κ1) is 70.5. The van der Waals surface area contributed by atoms with Crippen LogP contribution >= 0.6 is 7.82 Å². The van der Waals surface area contributed by atoms with Crippen molar-refractivity contribution < 1.29 is 37.6 Å². The van der Waals surface area contributed by atoms with Gasteiger partial charge in [0.05, 0.1) is 13.2 Å². The fraction of sp³-hybridized carbons (Fsp3) is 0.778. The van der Waals surface area contributed by atoms with Crippen molar-refractivity contribution in [2.45, 2.75) is 290 Å². The van der Waals surface area contributed by atoms with E-state index in [0.29, 0.717) is 6.42 Å². The van der Waals surface area contributed by atoms with Gasteiger partial charge >= 0.3 is 19.8 Å². The summed E-state index contributed by atoms with van der Waals surface area (Å²) in [6, 6.07) is 0. The molecule has 0 aromatic heterocycles. The Morgan fingerprint density at radius 2 is 0.753 bits per heavy atom. The van der Waals surface area contributed by atoms with E-state index in [1.165, 1.54) is 173 Å². The van der Waals surface area contributed by atoms with E-state index in [0.717, 1.165) is 77.0 Å². The van der Waals surface area contributed by atoms with E-state index in [4.69, 9.17) is 24.3 Å². The van der Waals surface area contributed by atoms with Crippen molar-refractivity contribution in [1.82, 2.24) is 0 Å². The molecule has 0 fully saturated rings. The number of hydrogen-bond donors (Lipinski definition) is 2. The molecule has 0 saturated heterocycles. The summed E-state index contributed by atoms with van der Waals surface area (Å²) < 4.78 is 33.0. The largest absolute Gasteiger partial charge is 0.472 e. The van der Waals surface area contributed by atoms with Gasteiger partial charge < -0.3 is 20.1 Å². The summed E-state index contributed by atoms with van der Waals surface area (Å²) in [5.74, 6) is -0.815. The summed E-state index contributed by atoms with van der Waals surface area (Å²) in [6.45, 7) is 3.66. The van der Waals surface area contributed by atoms with Gasteiger partial charge in [-0.15, -0.1) is 0 Å². The van der Waals surface area contributed by atoms with Crippen LogP contribution in [0.4, 0.5) is 0 Å². The van der Waals surface area contributed by atoms with E-state index in [1.807, 2.05) is 0 Å². The van der Waals surface area contributed by atoms with Gasteiger partial charge in [-0.25, -0.2) is 4.57 Å². The molecule has 73 heavy (non-hydrogen) atoms. The minimum atomic E-state index is -4.38. The number of allylic oxidation sites excluding steroid dienone is 12. The fourth-order valence-corrected chi connectivity index (χ4v) is 9.41. The number of hydrogen-bond acceptors (Lipinski definition) is 8. The standard InChI is InChI=1S/C63H114NO8P/c1-3-5-7-9-11-13-15-17-19-20-21-22-23-24-25-26-27-28-29-30-31-32-33-34-35-36-37-38-39-40-42-44-46-48-50-52-54-56-63(66)72-61(60-71-73(67,68)70-58-57-64)59-69-62(65)55-53-51-49-47-45-43-41-18-16-14-12-10-8-6-4-2/h5,7,11,13,17,19,21-22,24-25,27-28,61H,3-4,6,8-10,12,14-16,18,20,23,26,29-60,64H2,1-2H3,(H,67,68)/b7-5-,13-11-,19-17-,22-21-,25-24-,28-27-. The summed E-state index contributed by atoms with van der Waals surface area (Å²) in [7, 11) is -4.38. The third-order valence-electron chi connectivity index (χ3n) is 13.1. The number of carbonyl (C=O) groups excluding carboxylic acids is 2. The molecule has 0 aromatic rings. The Bertz CT molecular complexity index is 1420. The third kappa shape index (κ3) is 58.6. The lowest BCUT2D eigenvalue weighted by Gasteiger charge is -2.19. The lowest BCUT2D eigenvalue weighted by molar-refractivity contribution is -0.161. The molecule has 10 heteroatoms. The highest BCUT2D eigenvalue weighted by Gasteiger charge is 2.26. The molecule has 2 atom stereocenters. The lowest BCUT2D eigenvalue weighted by atomic mass is 10.0. The molecule has 0 heterocycles. The van der Waals surface area contributed by atoms with Crippen molar-refractivity contribution in [3.8, 4) is 0 Å². The van der Waals surface area contributed by atoms with Crippen LogP contribution in [0.5, 0.6) is 0 Å². The number of esters is 2. The molecule has 0 saturated carbocycles. The van der Waals surface area contributed by atoms with Crippen molar-refractivity contribution in [2.24, 2.45) is 5.73 Å². The minimum Gasteiger partial charge on any atom is -0.462 e. The predicted octanol–water partition coefficient (Wildman–Crippen LogP) is 19.3. The van der Waals surface area contributed by atoms with Gasteiger partial charge in [-0.1, -0.05) is 279 Å². The molecule has 0 aliphatic rings. The van der Waals surface area contributed by atoms with Gasteiger partial charge in [0.15, 0.2) is 6.10 Å². The predicted molar refractivity (Wildman–Crippen MR) is 312 cm³/mol. The highest BCUT2D eigenvalue weighted by Crippen LogP contribution is 2.43. The summed E-state index contributed by atoms with van der Waals surface area (Å²) in [5.41, 5.74) is 5.38. The zero-order chi connectivity index (χ0) is 53.1. The number of phosphoric ester groups is 1. The van der Waals surface area contributed by atoms with Gasteiger partial charge in [0, 0.05) is 19.4 Å². The zero-order valence-electron chi connectivity index (χ0n) is 47.4. The second-order valence-corrected chi connectivity index (χ2v) is 21.7. The first-order valence-electron chi connectivity index (χ1n) is 30.4. The first-order valence-corrected chi connectivity index (χ1v) is 31.9. The Hall–Kier alpha value is -2.55. The Balaban J connectivity index is 3.84. The molecule has 0 rings (SSSR count). The van der Waals surface area contributed by atoms with Crippen LogP contribution in [-0.4, -0.2) is 49.3 Å².